The Kier molecular flexibility index (Phi) is 4.47. The molecule has 1 aliphatic carbocycles. The molecule has 0 aromatic carbocycles. The standard InChI is InChI=1S/C8H14.CH4/c1-8-6-4-2-3-5-7-8;/h2,4,8H,3,5-7H2,1H3;1H4. The summed E-state index contributed by atoms with van der Waals surface area (Å²) in [6.45, 7) is 2.33. The van der Waals surface area contributed by atoms with Gasteiger partial charge in [-0.15, -0.1) is 0 Å². The number of allylic oxidation sites excluding steroid dienone is 2. The Labute approximate surface area is 59.0 Å². The Bertz CT molecular complexity index is 82.0. The molecule has 9 heavy (non-hydrogen) atoms. The monoisotopic (exact) mass is 126 g/mol. The third kappa shape index (κ3) is 3.34. The molecule has 0 heteroatoms. The molecule has 1 unspecified atom stereocenters. The highest BCUT2D eigenvalue weighted by atomic mass is 14.1. The van der Waals surface area contributed by atoms with Crippen LogP contribution in [0.3, 0.4) is 0 Å². The van der Waals surface area contributed by atoms with Gasteiger partial charge in [-0.2, -0.15) is 0 Å². The van der Waals surface area contributed by atoms with E-state index >= 15 is 0 Å². The van der Waals surface area contributed by atoms with Crippen molar-refractivity contribution in [2.45, 2.75) is 40.0 Å². The number of hydrogen-bond donors (Lipinski definition) is 0. The molecule has 0 bridgehead atoms. The molecule has 0 amide bonds. The van der Waals surface area contributed by atoms with E-state index in [0.717, 1.165) is 5.92 Å². The zero-order chi connectivity index (χ0) is 5.82. The molecule has 0 saturated heterocycles. The summed E-state index contributed by atoms with van der Waals surface area (Å²) in [7, 11) is 0. The van der Waals surface area contributed by atoms with Crippen LogP contribution in [0.25, 0.3) is 0 Å². The minimum Gasteiger partial charge on any atom is -0.0885 e. The van der Waals surface area contributed by atoms with E-state index in [1.54, 1.807) is 0 Å². The van der Waals surface area contributed by atoms with Crippen molar-refractivity contribution in [1.29, 1.82) is 0 Å². The lowest BCUT2D eigenvalue weighted by molar-refractivity contribution is 0.532. The molecule has 1 aliphatic rings. The summed E-state index contributed by atoms with van der Waals surface area (Å²) in [5.41, 5.74) is 0. The van der Waals surface area contributed by atoms with Gasteiger partial charge in [-0.3, -0.25) is 0 Å². The zero-order valence-corrected chi connectivity index (χ0v) is 5.56. The largest absolute Gasteiger partial charge is 0.0885 e. The van der Waals surface area contributed by atoms with Crippen molar-refractivity contribution < 1.29 is 0 Å². The summed E-state index contributed by atoms with van der Waals surface area (Å²) in [5, 5.41) is 0. The molecular weight excluding hydrogens is 108 g/mol. The first kappa shape index (κ1) is 8.74. The maximum Gasteiger partial charge on any atom is -0.0325 e. The van der Waals surface area contributed by atoms with Gasteiger partial charge in [0.2, 0.25) is 0 Å². The van der Waals surface area contributed by atoms with Gasteiger partial charge in [0.15, 0.2) is 0 Å². The maximum atomic E-state index is 2.33. The second-order valence-electron chi connectivity index (χ2n) is 2.74. The Hall–Kier alpha value is -0.260. The first-order valence-electron chi connectivity index (χ1n) is 3.54. The van der Waals surface area contributed by atoms with Crippen LogP contribution in [0, 0.1) is 5.92 Å². The smallest absolute Gasteiger partial charge is 0.0325 e. The van der Waals surface area contributed by atoms with Crippen molar-refractivity contribution in [1.82, 2.24) is 0 Å². The summed E-state index contributed by atoms with van der Waals surface area (Å²) in [4.78, 5) is 0. The molecule has 54 valence electrons. The van der Waals surface area contributed by atoms with Crippen molar-refractivity contribution >= 4 is 0 Å². The molecule has 1 atom stereocenters. The quantitative estimate of drug-likeness (QED) is 0.436. The van der Waals surface area contributed by atoms with Crippen molar-refractivity contribution in [2.75, 3.05) is 0 Å². The maximum absolute atomic E-state index is 2.33. The molecule has 0 aromatic heterocycles. The molecule has 0 aromatic rings. The Balaban J connectivity index is 0.000000640. The van der Waals surface area contributed by atoms with Gasteiger partial charge in [0, 0.05) is 0 Å². The van der Waals surface area contributed by atoms with Crippen LogP contribution >= 0.6 is 0 Å². The average Bonchev–Trinajstić information content (AvgIpc) is 1.94. The van der Waals surface area contributed by atoms with Gasteiger partial charge in [0.1, 0.15) is 0 Å². The Morgan fingerprint density at radius 3 is 2.89 bits per heavy atom. The predicted molar refractivity (Wildman–Crippen MR) is 43.5 cm³/mol. The lowest BCUT2D eigenvalue weighted by Gasteiger charge is -2.01. The Morgan fingerprint density at radius 1 is 1.33 bits per heavy atom. The van der Waals surface area contributed by atoms with Gasteiger partial charge in [0.05, 0.1) is 0 Å². The van der Waals surface area contributed by atoms with E-state index in [0.29, 0.717) is 0 Å². The van der Waals surface area contributed by atoms with Gasteiger partial charge in [-0.25, -0.2) is 0 Å². The van der Waals surface area contributed by atoms with E-state index in [2.05, 4.69) is 19.1 Å². The zero-order valence-electron chi connectivity index (χ0n) is 5.56. The lowest BCUT2D eigenvalue weighted by Crippen LogP contribution is -1.88. The van der Waals surface area contributed by atoms with Gasteiger partial charge < -0.3 is 0 Å². The first-order valence-corrected chi connectivity index (χ1v) is 3.54. The summed E-state index contributed by atoms with van der Waals surface area (Å²) in [5.74, 6) is 0.939. The van der Waals surface area contributed by atoms with Crippen LogP contribution in [0.4, 0.5) is 0 Å². The third-order valence-electron chi connectivity index (χ3n) is 1.77. The fourth-order valence-electron chi connectivity index (χ4n) is 1.15. The average molecular weight is 126 g/mol. The normalized spacial score (nSPS) is 26.6. The lowest BCUT2D eigenvalue weighted by atomic mass is 10.0. The van der Waals surface area contributed by atoms with Crippen LogP contribution in [0.15, 0.2) is 12.2 Å². The molecule has 0 N–H and O–H groups in total. The van der Waals surface area contributed by atoms with E-state index in [1.165, 1.54) is 25.7 Å². The topological polar surface area (TPSA) is 0 Å². The minimum atomic E-state index is 0. The van der Waals surface area contributed by atoms with Crippen LogP contribution in [-0.2, 0) is 0 Å². The van der Waals surface area contributed by atoms with Crippen molar-refractivity contribution in [3.63, 3.8) is 0 Å². The second-order valence-corrected chi connectivity index (χ2v) is 2.74. The first-order chi connectivity index (χ1) is 3.89. The number of hydrogen-bond acceptors (Lipinski definition) is 0. The van der Waals surface area contributed by atoms with Gasteiger partial charge in [-0.1, -0.05) is 32.9 Å². The van der Waals surface area contributed by atoms with Crippen LogP contribution in [0.2, 0.25) is 0 Å². The highest BCUT2D eigenvalue weighted by molar-refractivity contribution is 4.86. The van der Waals surface area contributed by atoms with Crippen LogP contribution in [0.1, 0.15) is 40.0 Å². The van der Waals surface area contributed by atoms with Crippen LogP contribution in [0.5, 0.6) is 0 Å². The summed E-state index contributed by atoms with van der Waals surface area (Å²) in [6.07, 6.45) is 10.1. The van der Waals surface area contributed by atoms with E-state index in [9.17, 15) is 0 Å². The molecule has 0 aliphatic heterocycles. The van der Waals surface area contributed by atoms with E-state index in [1.807, 2.05) is 0 Å². The van der Waals surface area contributed by atoms with Crippen molar-refractivity contribution in [3.05, 3.63) is 12.2 Å². The van der Waals surface area contributed by atoms with Gasteiger partial charge in [-0.05, 0) is 25.2 Å². The molecule has 0 saturated carbocycles. The molecule has 0 spiro atoms. The van der Waals surface area contributed by atoms with E-state index < -0.39 is 0 Å². The third-order valence-corrected chi connectivity index (χ3v) is 1.77. The molecule has 0 fully saturated rings. The molecule has 1 rings (SSSR count). The molecule has 0 radical (unpaired) electrons. The minimum absolute atomic E-state index is 0. The molecule has 0 nitrogen and oxygen atoms in total. The second kappa shape index (κ2) is 4.60. The SMILES string of the molecule is C.CC1CC=CCCC1. The Morgan fingerprint density at radius 2 is 2.11 bits per heavy atom. The highest BCUT2D eigenvalue weighted by Gasteiger charge is 2.00. The van der Waals surface area contributed by atoms with Gasteiger partial charge >= 0.3 is 0 Å². The fourth-order valence-corrected chi connectivity index (χ4v) is 1.15. The predicted octanol–water partition coefficient (Wildman–Crippen LogP) is 3.39. The number of rotatable bonds is 0. The van der Waals surface area contributed by atoms with Gasteiger partial charge in [0.25, 0.3) is 0 Å². The molecular formula is C9H18. The van der Waals surface area contributed by atoms with E-state index in [4.69, 9.17) is 0 Å². The van der Waals surface area contributed by atoms with Crippen LogP contribution in [-0.4, -0.2) is 0 Å². The summed E-state index contributed by atoms with van der Waals surface area (Å²) < 4.78 is 0. The van der Waals surface area contributed by atoms with E-state index in [-0.39, 0.29) is 7.43 Å². The van der Waals surface area contributed by atoms with Crippen LogP contribution < -0.4 is 0 Å². The fraction of sp³-hybridized carbons (Fsp3) is 0.778. The molecule has 0 heterocycles. The highest BCUT2D eigenvalue weighted by Crippen LogP contribution is 2.16. The summed E-state index contributed by atoms with van der Waals surface area (Å²) >= 11 is 0. The summed E-state index contributed by atoms with van der Waals surface area (Å²) in [6, 6.07) is 0. The van der Waals surface area contributed by atoms with Crippen molar-refractivity contribution in [3.8, 4) is 0 Å². The van der Waals surface area contributed by atoms with Crippen molar-refractivity contribution in [2.24, 2.45) is 5.92 Å².